The van der Waals surface area contributed by atoms with Crippen molar-refractivity contribution in [2.75, 3.05) is 20.1 Å². The number of rotatable bonds is 4. The van der Waals surface area contributed by atoms with Crippen molar-refractivity contribution in [3.05, 3.63) is 35.4 Å². The number of piperidine rings is 1. The summed E-state index contributed by atoms with van der Waals surface area (Å²) in [6.45, 7) is 3.12. The molecule has 1 aliphatic heterocycles. The van der Waals surface area contributed by atoms with Crippen LogP contribution in [0, 0.1) is 11.3 Å². The summed E-state index contributed by atoms with van der Waals surface area (Å²) in [7, 11) is 1.81. The van der Waals surface area contributed by atoms with Crippen molar-refractivity contribution in [3.63, 3.8) is 0 Å². The van der Waals surface area contributed by atoms with E-state index in [1.54, 1.807) is 0 Å². The standard InChI is InChI=1S/C18H25N5.HI/c1-20-18(21-13-15-4-2-14(12-19)3-5-15)22-16-8-10-23(11-9-16)17-6-7-17;/h2-5,16-17H,6-11,13H2,1H3,(H2,20,21,22);1H. The first-order valence-corrected chi connectivity index (χ1v) is 8.49. The molecule has 6 heteroatoms. The molecule has 5 nitrogen and oxygen atoms in total. The van der Waals surface area contributed by atoms with Gasteiger partial charge in [0.15, 0.2) is 5.96 Å². The molecule has 1 saturated heterocycles. The van der Waals surface area contributed by atoms with Crippen LogP contribution in [-0.2, 0) is 6.54 Å². The van der Waals surface area contributed by atoms with Crippen LogP contribution in [0.2, 0.25) is 0 Å². The molecule has 1 aromatic carbocycles. The molecule has 1 heterocycles. The molecule has 1 aliphatic carbocycles. The van der Waals surface area contributed by atoms with Crippen LogP contribution in [0.5, 0.6) is 0 Å². The first-order chi connectivity index (χ1) is 11.3. The Morgan fingerprint density at radius 1 is 1.21 bits per heavy atom. The number of nitriles is 1. The summed E-state index contributed by atoms with van der Waals surface area (Å²) in [5.74, 6) is 0.860. The Bertz CT molecular complexity index is 580. The molecule has 130 valence electrons. The zero-order valence-electron chi connectivity index (χ0n) is 14.2. The smallest absolute Gasteiger partial charge is 0.191 e. The van der Waals surface area contributed by atoms with Crippen molar-refractivity contribution >= 4 is 29.9 Å². The summed E-state index contributed by atoms with van der Waals surface area (Å²) in [6, 6.07) is 11.2. The monoisotopic (exact) mass is 439 g/mol. The Morgan fingerprint density at radius 3 is 2.42 bits per heavy atom. The summed E-state index contributed by atoms with van der Waals surface area (Å²) in [5, 5.41) is 15.7. The van der Waals surface area contributed by atoms with Gasteiger partial charge >= 0.3 is 0 Å². The lowest BCUT2D eigenvalue weighted by molar-refractivity contribution is 0.197. The van der Waals surface area contributed by atoms with Gasteiger partial charge in [-0.2, -0.15) is 5.26 Å². The van der Waals surface area contributed by atoms with Crippen LogP contribution in [0.15, 0.2) is 29.3 Å². The second-order valence-corrected chi connectivity index (χ2v) is 6.42. The maximum Gasteiger partial charge on any atom is 0.191 e. The minimum Gasteiger partial charge on any atom is -0.354 e. The second kappa shape index (κ2) is 9.23. The van der Waals surface area contributed by atoms with Gasteiger partial charge in [-0.1, -0.05) is 12.1 Å². The Labute approximate surface area is 161 Å². The molecule has 24 heavy (non-hydrogen) atoms. The van der Waals surface area contributed by atoms with Gasteiger partial charge in [-0.3, -0.25) is 4.99 Å². The van der Waals surface area contributed by atoms with Crippen LogP contribution >= 0.6 is 24.0 Å². The Kier molecular flexibility index (Phi) is 7.31. The molecule has 1 aromatic rings. The van der Waals surface area contributed by atoms with E-state index in [1.165, 1.54) is 38.8 Å². The van der Waals surface area contributed by atoms with Crippen LogP contribution in [0.3, 0.4) is 0 Å². The average Bonchev–Trinajstić information content (AvgIpc) is 3.44. The normalized spacial score (nSPS) is 19.2. The maximum absolute atomic E-state index is 8.83. The van der Waals surface area contributed by atoms with E-state index in [1.807, 2.05) is 31.3 Å². The first kappa shape index (κ1) is 19.0. The molecule has 3 rings (SSSR count). The minimum absolute atomic E-state index is 0. The molecule has 0 aromatic heterocycles. The lowest BCUT2D eigenvalue weighted by Gasteiger charge is -2.33. The molecule has 0 spiro atoms. The van der Waals surface area contributed by atoms with E-state index in [9.17, 15) is 0 Å². The van der Waals surface area contributed by atoms with E-state index in [0.717, 1.165) is 17.6 Å². The van der Waals surface area contributed by atoms with Gasteiger partial charge in [-0.05, 0) is 43.4 Å². The summed E-state index contributed by atoms with van der Waals surface area (Å²) < 4.78 is 0. The van der Waals surface area contributed by atoms with E-state index in [0.29, 0.717) is 18.2 Å². The minimum atomic E-state index is 0. The third-order valence-corrected chi connectivity index (χ3v) is 4.70. The zero-order valence-corrected chi connectivity index (χ0v) is 16.5. The van der Waals surface area contributed by atoms with Gasteiger partial charge in [0.25, 0.3) is 0 Å². The highest BCUT2D eigenvalue weighted by atomic mass is 127. The Balaban J connectivity index is 0.00000208. The molecular formula is C18H26IN5. The fraction of sp³-hybridized carbons (Fsp3) is 0.556. The van der Waals surface area contributed by atoms with Crippen molar-refractivity contribution in [1.29, 1.82) is 5.26 Å². The summed E-state index contributed by atoms with van der Waals surface area (Å²) in [6.07, 6.45) is 5.17. The van der Waals surface area contributed by atoms with Crippen molar-refractivity contribution in [2.45, 2.75) is 44.3 Å². The third kappa shape index (κ3) is 5.35. The number of benzene rings is 1. The second-order valence-electron chi connectivity index (χ2n) is 6.42. The van der Waals surface area contributed by atoms with Crippen molar-refractivity contribution < 1.29 is 0 Å². The quantitative estimate of drug-likeness (QED) is 0.430. The highest BCUT2D eigenvalue weighted by Crippen LogP contribution is 2.29. The first-order valence-electron chi connectivity index (χ1n) is 8.49. The molecule has 2 N–H and O–H groups in total. The molecule has 1 saturated carbocycles. The van der Waals surface area contributed by atoms with Crippen LogP contribution in [-0.4, -0.2) is 43.1 Å². The predicted molar refractivity (Wildman–Crippen MR) is 108 cm³/mol. The number of nitrogens with one attached hydrogen (secondary N) is 2. The molecule has 0 radical (unpaired) electrons. The van der Waals surface area contributed by atoms with Gasteiger partial charge in [0.1, 0.15) is 0 Å². The summed E-state index contributed by atoms with van der Waals surface area (Å²) in [4.78, 5) is 6.96. The number of hydrogen-bond donors (Lipinski definition) is 2. The highest BCUT2D eigenvalue weighted by Gasteiger charge is 2.31. The number of nitrogens with zero attached hydrogens (tertiary/aromatic N) is 3. The molecule has 0 unspecified atom stereocenters. The zero-order chi connectivity index (χ0) is 16.1. The predicted octanol–water partition coefficient (Wildman–Crippen LogP) is 2.47. The van der Waals surface area contributed by atoms with Crippen molar-refractivity contribution in [3.8, 4) is 6.07 Å². The topological polar surface area (TPSA) is 63.5 Å². The molecular weight excluding hydrogens is 413 g/mol. The molecule has 0 bridgehead atoms. The average molecular weight is 439 g/mol. The molecule has 2 fully saturated rings. The lowest BCUT2D eigenvalue weighted by Crippen LogP contribution is -2.48. The number of likely N-dealkylation sites (tertiary alicyclic amines) is 1. The van der Waals surface area contributed by atoms with E-state index in [-0.39, 0.29) is 24.0 Å². The van der Waals surface area contributed by atoms with E-state index in [4.69, 9.17) is 5.26 Å². The van der Waals surface area contributed by atoms with Crippen LogP contribution in [0.4, 0.5) is 0 Å². The SMILES string of the molecule is CN=C(NCc1ccc(C#N)cc1)NC1CCN(C2CC2)CC1.I. The van der Waals surface area contributed by atoms with E-state index < -0.39 is 0 Å². The largest absolute Gasteiger partial charge is 0.354 e. The number of halogens is 1. The van der Waals surface area contributed by atoms with Crippen molar-refractivity contribution in [1.82, 2.24) is 15.5 Å². The highest BCUT2D eigenvalue weighted by molar-refractivity contribution is 14.0. The summed E-state index contributed by atoms with van der Waals surface area (Å²) in [5.41, 5.74) is 1.84. The number of aliphatic imine (C=N–C) groups is 1. The molecule has 0 atom stereocenters. The van der Waals surface area contributed by atoms with Crippen LogP contribution in [0.1, 0.15) is 36.8 Å². The Hall–Kier alpha value is -1.33. The van der Waals surface area contributed by atoms with Crippen LogP contribution in [0.25, 0.3) is 0 Å². The number of hydrogen-bond acceptors (Lipinski definition) is 3. The maximum atomic E-state index is 8.83. The lowest BCUT2D eigenvalue weighted by atomic mass is 10.1. The van der Waals surface area contributed by atoms with E-state index >= 15 is 0 Å². The van der Waals surface area contributed by atoms with Crippen molar-refractivity contribution in [2.24, 2.45) is 4.99 Å². The summed E-state index contributed by atoms with van der Waals surface area (Å²) >= 11 is 0. The van der Waals surface area contributed by atoms with Gasteiger partial charge in [0.2, 0.25) is 0 Å². The van der Waals surface area contributed by atoms with Gasteiger partial charge < -0.3 is 15.5 Å². The number of guanidine groups is 1. The fourth-order valence-corrected chi connectivity index (χ4v) is 3.12. The molecule has 0 amide bonds. The van der Waals surface area contributed by atoms with Gasteiger partial charge in [-0.15, -0.1) is 24.0 Å². The fourth-order valence-electron chi connectivity index (χ4n) is 3.12. The van der Waals surface area contributed by atoms with Crippen LogP contribution < -0.4 is 10.6 Å². The molecule has 2 aliphatic rings. The van der Waals surface area contributed by atoms with E-state index in [2.05, 4.69) is 26.6 Å². The third-order valence-electron chi connectivity index (χ3n) is 4.70. The van der Waals surface area contributed by atoms with Gasteiger partial charge in [0, 0.05) is 38.8 Å². The Morgan fingerprint density at radius 2 is 1.88 bits per heavy atom. The van der Waals surface area contributed by atoms with Gasteiger partial charge in [-0.25, -0.2) is 0 Å². The van der Waals surface area contributed by atoms with Gasteiger partial charge in [0.05, 0.1) is 11.6 Å².